The topological polar surface area (TPSA) is 65.5 Å². The summed E-state index contributed by atoms with van der Waals surface area (Å²) in [4.78, 5) is 31.3. The highest BCUT2D eigenvalue weighted by molar-refractivity contribution is 6.30. The van der Waals surface area contributed by atoms with Gasteiger partial charge in [-0.15, -0.1) is 0 Å². The maximum atomic E-state index is 13.5. The second-order valence-corrected chi connectivity index (χ2v) is 7.68. The second-order valence-electron chi connectivity index (χ2n) is 7.24. The van der Waals surface area contributed by atoms with Gasteiger partial charge < -0.3 is 9.47 Å². The molecule has 164 valence electrons. The third kappa shape index (κ3) is 4.64. The zero-order chi connectivity index (χ0) is 23.4. The molecular formula is C27H20ClNO4. The van der Waals surface area contributed by atoms with Crippen molar-refractivity contribution in [1.29, 1.82) is 0 Å². The molecule has 0 fully saturated rings. The lowest BCUT2D eigenvalue weighted by atomic mass is 9.89. The second kappa shape index (κ2) is 9.67. The molecule has 0 aliphatic rings. The summed E-state index contributed by atoms with van der Waals surface area (Å²) in [7, 11) is 3.08. The molecule has 4 rings (SSSR count). The Morgan fingerprint density at radius 2 is 1.21 bits per heavy atom. The van der Waals surface area contributed by atoms with Gasteiger partial charge in [0.2, 0.25) is 0 Å². The Kier molecular flexibility index (Phi) is 6.52. The van der Waals surface area contributed by atoms with Gasteiger partial charge in [-0.25, -0.2) is 0 Å². The summed E-state index contributed by atoms with van der Waals surface area (Å²) < 4.78 is 10.5. The molecule has 0 radical (unpaired) electrons. The van der Waals surface area contributed by atoms with Crippen molar-refractivity contribution in [1.82, 2.24) is 4.98 Å². The highest BCUT2D eigenvalue weighted by atomic mass is 35.5. The van der Waals surface area contributed by atoms with Crippen molar-refractivity contribution in [3.63, 3.8) is 0 Å². The third-order valence-electron chi connectivity index (χ3n) is 5.23. The van der Waals surface area contributed by atoms with Gasteiger partial charge in [-0.2, -0.15) is 0 Å². The van der Waals surface area contributed by atoms with Crippen molar-refractivity contribution in [2.45, 2.75) is 0 Å². The number of hydrogen-bond acceptors (Lipinski definition) is 5. The van der Waals surface area contributed by atoms with Crippen LogP contribution in [0.25, 0.3) is 11.1 Å². The summed E-state index contributed by atoms with van der Waals surface area (Å²) in [6.45, 7) is 0. The zero-order valence-electron chi connectivity index (χ0n) is 18.0. The van der Waals surface area contributed by atoms with E-state index in [0.29, 0.717) is 49.9 Å². The maximum Gasteiger partial charge on any atom is 0.195 e. The SMILES string of the molecule is COc1cccc(C(=O)c2cncc(C(=O)c3cccc(OC)c3)c2-c2ccc(Cl)cc2)c1. The van der Waals surface area contributed by atoms with Gasteiger partial charge in [-0.3, -0.25) is 14.6 Å². The van der Waals surface area contributed by atoms with Crippen LogP contribution < -0.4 is 9.47 Å². The number of ketones is 2. The highest BCUT2D eigenvalue weighted by Crippen LogP contribution is 2.32. The van der Waals surface area contributed by atoms with Gasteiger partial charge >= 0.3 is 0 Å². The van der Waals surface area contributed by atoms with Gasteiger partial charge in [0.1, 0.15) is 11.5 Å². The summed E-state index contributed by atoms with van der Waals surface area (Å²) in [5.74, 6) is 0.578. The molecule has 0 amide bonds. The molecule has 0 bridgehead atoms. The Balaban J connectivity index is 1.91. The number of aromatic nitrogens is 1. The minimum atomic E-state index is -0.272. The molecule has 0 aliphatic heterocycles. The maximum absolute atomic E-state index is 13.5. The predicted molar refractivity (Wildman–Crippen MR) is 128 cm³/mol. The van der Waals surface area contributed by atoms with Gasteiger partial charge in [0, 0.05) is 45.2 Å². The molecule has 33 heavy (non-hydrogen) atoms. The number of hydrogen-bond donors (Lipinski definition) is 0. The van der Waals surface area contributed by atoms with E-state index in [1.807, 2.05) is 0 Å². The van der Waals surface area contributed by atoms with Crippen LogP contribution in [-0.2, 0) is 0 Å². The summed E-state index contributed by atoms with van der Waals surface area (Å²) >= 11 is 6.09. The molecule has 4 aromatic rings. The van der Waals surface area contributed by atoms with Crippen molar-refractivity contribution in [3.8, 4) is 22.6 Å². The summed E-state index contributed by atoms with van der Waals surface area (Å²) in [5, 5.41) is 0.550. The first kappa shape index (κ1) is 22.2. The number of ether oxygens (including phenoxy) is 2. The normalized spacial score (nSPS) is 10.5. The van der Waals surface area contributed by atoms with Crippen molar-refractivity contribution < 1.29 is 19.1 Å². The van der Waals surface area contributed by atoms with Crippen LogP contribution >= 0.6 is 11.6 Å². The van der Waals surface area contributed by atoms with Crippen LogP contribution in [0.2, 0.25) is 5.02 Å². The van der Waals surface area contributed by atoms with E-state index in [9.17, 15) is 9.59 Å². The minimum Gasteiger partial charge on any atom is -0.497 e. The van der Waals surface area contributed by atoms with E-state index in [2.05, 4.69) is 4.98 Å². The van der Waals surface area contributed by atoms with Gasteiger partial charge in [0.05, 0.1) is 14.2 Å². The van der Waals surface area contributed by atoms with Crippen LogP contribution in [0.5, 0.6) is 11.5 Å². The first-order chi connectivity index (χ1) is 16.0. The zero-order valence-corrected chi connectivity index (χ0v) is 18.8. The average Bonchev–Trinajstić information content (AvgIpc) is 2.88. The molecule has 6 heteroatoms. The number of rotatable bonds is 7. The number of nitrogens with zero attached hydrogens (tertiary/aromatic N) is 1. The van der Waals surface area contributed by atoms with E-state index in [1.54, 1.807) is 72.8 Å². The number of benzene rings is 3. The Hall–Kier alpha value is -3.96. The van der Waals surface area contributed by atoms with Crippen molar-refractivity contribution >= 4 is 23.2 Å². The Morgan fingerprint density at radius 1 is 0.727 bits per heavy atom. The Morgan fingerprint density at radius 3 is 1.67 bits per heavy atom. The molecule has 3 aromatic carbocycles. The monoisotopic (exact) mass is 457 g/mol. The summed E-state index contributed by atoms with van der Waals surface area (Å²) in [6, 6.07) is 20.7. The fourth-order valence-electron chi connectivity index (χ4n) is 3.57. The van der Waals surface area contributed by atoms with E-state index in [4.69, 9.17) is 21.1 Å². The van der Waals surface area contributed by atoms with Crippen LogP contribution in [0.1, 0.15) is 31.8 Å². The highest BCUT2D eigenvalue weighted by Gasteiger charge is 2.23. The van der Waals surface area contributed by atoms with E-state index >= 15 is 0 Å². The minimum absolute atomic E-state index is 0.272. The van der Waals surface area contributed by atoms with Gasteiger partial charge in [-0.1, -0.05) is 48.0 Å². The summed E-state index contributed by atoms with van der Waals surface area (Å²) in [5.41, 5.74) is 2.63. The third-order valence-corrected chi connectivity index (χ3v) is 5.48. The number of methoxy groups -OCH3 is 2. The largest absolute Gasteiger partial charge is 0.497 e. The molecule has 0 spiro atoms. The fourth-order valence-corrected chi connectivity index (χ4v) is 3.70. The molecule has 0 aliphatic carbocycles. The Bertz CT molecular complexity index is 1250. The van der Waals surface area contributed by atoms with E-state index < -0.39 is 0 Å². The first-order valence-corrected chi connectivity index (χ1v) is 10.5. The van der Waals surface area contributed by atoms with Crippen molar-refractivity contribution in [2.75, 3.05) is 14.2 Å². The van der Waals surface area contributed by atoms with Gasteiger partial charge in [0.25, 0.3) is 0 Å². The average molecular weight is 458 g/mol. The number of pyridine rings is 1. The van der Waals surface area contributed by atoms with Gasteiger partial charge in [-0.05, 0) is 42.0 Å². The standard InChI is InChI=1S/C27H20ClNO4/c1-32-21-7-3-5-18(13-21)26(30)23-15-29-16-24(25(23)17-9-11-20(28)12-10-17)27(31)19-6-4-8-22(14-19)33-2/h3-16H,1-2H3. The van der Waals surface area contributed by atoms with Crippen LogP contribution in [0.15, 0.2) is 85.2 Å². The smallest absolute Gasteiger partial charge is 0.195 e. The fraction of sp³-hybridized carbons (Fsp3) is 0.0741. The Labute approximate surface area is 196 Å². The lowest BCUT2D eigenvalue weighted by molar-refractivity contribution is 0.103. The van der Waals surface area contributed by atoms with Crippen molar-refractivity contribution in [3.05, 3.63) is 112 Å². The quantitative estimate of drug-likeness (QED) is 0.324. The van der Waals surface area contributed by atoms with Crippen molar-refractivity contribution in [2.24, 2.45) is 0 Å². The molecule has 1 aromatic heterocycles. The molecule has 0 saturated heterocycles. The molecule has 0 saturated carbocycles. The molecule has 5 nitrogen and oxygen atoms in total. The molecule has 1 heterocycles. The van der Waals surface area contributed by atoms with Crippen LogP contribution in [-0.4, -0.2) is 30.8 Å². The molecule has 0 atom stereocenters. The van der Waals surface area contributed by atoms with Crippen LogP contribution in [0.4, 0.5) is 0 Å². The van der Waals surface area contributed by atoms with Crippen LogP contribution in [0.3, 0.4) is 0 Å². The summed E-state index contributed by atoms with van der Waals surface area (Å²) in [6.07, 6.45) is 2.96. The number of halogens is 1. The molecule has 0 unspecified atom stereocenters. The van der Waals surface area contributed by atoms with E-state index in [-0.39, 0.29) is 11.6 Å². The molecular weight excluding hydrogens is 438 g/mol. The lowest BCUT2D eigenvalue weighted by Gasteiger charge is -2.14. The number of carbonyl (C=O) groups is 2. The number of carbonyl (C=O) groups excluding carboxylic acids is 2. The van der Waals surface area contributed by atoms with Crippen LogP contribution in [0, 0.1) is 0 Å². The van der Waals surface area contributed by atoms with E-state index in [0.717, 1.165) is 0 Å². The van der Waals surface area contributed by atoms with Gasteiger partial charge in [0.15, 0.2) is 11.6 Å². The molecule has 0 N–H and O–H groups in total. The first-order valence-electron chi connectivity index (χ1n) is 10.1. The lowest BCUT2D eigenvalue weighted by Crippen LogP contribution is -2.11. The van der Waals surface area contributed by atoms with E-state index in [1.165, 1.54) is 26.6 Å². The predicted octanol–water partition coefficient (Wildman–Crippen LogP) is 5.88.